The first-order valence-electron chi connectivity index (χ1n) is 14.4. The summed E-state index contributed by atoms with van der Waals surface area (Å²) in [5, 5.41) is -0.714. The van der Waals surface area contributed by atoms with Crippen molar-refractivity contribution in [1.29, 1.82) is 0 Å². The number of nitrogen functional groups attached to an aromatic ring is 1. The van der Waals surface area contributed by atoms with E-state index in [-0.39, 0.29) is 35.3 Å². The Morgan fingerprint density at radius 2 is 1.10 bits per heavy atom. The minimum absolute atomic E-state index is 0. The monoisotopic (exact) mass is 744 g/mol. The van der Waals surface area contributed by atoms with E-state index in [4.69, 9.17) is 17.3 Å². The third-order valence-corrected chi connectivity index (χ3v) is 5.84. The molecule has 0 aliphatic heterocycles. The fourth-order valence-electron chi connectivity index (χ4n) is 3.12. The molecular formula is C39H51ClF6N2O3. The van der Waals surface area contributed by atoms with Crippen LogP contribution in [0.15, 0.2) is 134 Å². The standard InChI is InChI=1S/C12H12F2O.C11H10ClF2N.C7H10F2O2.C6H7N.3CH4/c1-2-8-12(13,14)11(15)9-10-6-4-3-5-7-10;1-2-8-11(13,14)10(12)15-9-6-4-3-5-7-9;1-3-5-7(8,9)6(10)11-4-2;7-6-4-2-1-3-5-6;;;/h2-7H,1,8-9H2;2-7H,1,8H2;3H,1,4-5H2,2H3;1-5H,7H2;3*1H4. The van der Waals surface area contributed by atoms with Crippen molar-refractivity contribution >= 4 is 39.9 Å². The molecule has 5 nitrogen and oxygen atoms in total. The molecule has 3 aromatic rings. The van der Waals surface area contributed by atoms with Crippen LogP contribution < -0.4 is 5.73 Å². The minimum Gasteiger partial charge on any atom is -0.462 e. The van der Waals surface area contributed by atoms with Gasteiger partial charge < -0.3 is 10.5 Å². The van der Waals surface area contributed by atoms with Crippen LogP contribution in [0.3, 0.4) is 0 Å². The van der Waals surface area contributed by atoms with Crippen molar-refractivity contribution in [3.8, 4) is 0 Å². The third kappa shape index (κ3) is 23.4. The number of esters is 1. The lowest BCUT2D eigenvalue weighted by atomic mass is 10.0. The lowest BCUT2D eigenvalue weighted by Gasteiger charge is -2.12. The molecule has 0 bridgehead atoms. The number of ketones is 1. The van der Waals surface area contributed by atoms with Crippen LogP contribution in [0.25, 0.3) is 0 Å². The lowest BCUT2D eigenvalue weighted by Crippen LogP contribution is -2.29. The summed E-state index contributed by atoms with van der Waals surface area (Å²) in [5.41, 5.74) is 7.19. The van der Waals surface area contributed by atoms with E-state index in [0.717, 1.165) is 23.9 Å². The molecule has 0 aliphatic rings. The molecule has 3 aromatic carbocycles. The maximum atomic E-state index is 13.2. The van der Waals surface area contributed by atoms with Gasteiger partial charge in [-0.2, -0.15) is 26.3 Å². The van der Waals surface area contributed by atoms with E-state index in [1.807, 2.05) is 30.3 Å². The molecule has 3 rings (SSSR count). The van der Waals surface area contributed by atoms with Crippen LogP contribution in [0.1, 0.15) is 54.0 Å². The number of aliphatic imine (C=N–C) groups is 1. The number of halogens is 7. The van der Waals surface area contributed by atoms with Gasteiger partial charge in [-0.3, -0.25) is 4.79 Å². The fraction of sp³-hybridized carbons (Fsp3) is 0.308. The van der Waals surface area contributed by atoms with Gasteiger partial charge in [-0.05, 0) is 36.8 Å². The zero-order valence-corrected chi connectivity index (χ0v) is 27.2. The summed E-state index contributed by atoms with van der Waals surface area (Å²) in [5.74, 6) is -12.4. The number of benzene rings is 3. The number of hydrogen-bond donors (Lipinski definition) is 1. The molecular weight excluding hydrogens is 694 g/mol. The van der Waals surface area contributed by atoms with Gasteiger partial charge in [0.15, 0.2) is 5.17 Å². The zero-order chi connectivity index (χ0) is 36.6. The van der Waals surface area contributed by atoms with Crippen LogP contribution in [-0.4, -0.2) is 41.3 Å². The SMILES string of the molecule is C.C.C.C=CCC(F)(F)C(=O)Cc1ccccc1.C=CCC(F)(F)C(=O)OCC.C=CCC(F)(F)C(Cl)=Nc1ccccc1.Nc1ccccc1. The molecule has 0 radical (unpaired) electrons. The second kappa shape index (κ2) is 28.1. The van der Waals surface area contributed by atoms with Crippen molar-refractivity contribution in [2.24, 2.45) is 4.99 Å². The van der Waals surface area contributed by atoms with Gasteiger partial charge in [-0.25, -0.2) is 9.79 Å². The Hall–Kier alpha value is -4.64. The quantitative estimate of drug-likeness (QED) is 0.0621. The zero-order valence-electron chi connectivity index (χ0n) is 26.4. The Labute approximate surface area is 304 Å². The van der Waals surface area contributed by atoms with E-state index < -0.39 is 54.0 Å². The summed E-state index contributed by atoms with van der Waals surface area (Å²) in [6, 6.07) is 26.4. The van der Waals surface area contributed by atoms with Gasteiger partial charge >= 0.3 is 23.7 Å². The summed E-state index contributed by atoms with van der Waals surface area (Å²) in [6.07, 6.45) is 1.14. The molecule has 0 atom stereocenters. The van der Waals surface area contributed by atoms with Crippen LogP contribution in [0.2, 0.25) is 0 Å². The largest absolute Gasteiger partial charge is 0.462 e. The number of hydrogen-bond acceptors (Lipinski definition) is 5. The first-order valence-corrected chi connectivity index (χ1v) is 14.7. The predicted molar refractivity (Wildman–Crippen MR) is 202 cm³/mol. The van der Waals surface area contributed by atoms with Crippen LogP contribution in [0, 0.1) is 0 Å². The van der Waals surface area contributed by atoms with E-state index in [1.165, 1.54) is 6.92 Å². The van der Waals surface area contributed by atoms with Gasteiger partial charge in [0.25, 0.3) is 0 Å². The molecule has 0 spiro atoms. The summed E-state index contributed by atoms with van der Waals surface area (Å²) >= 11 is 5.44. The smallest absolute Gasteiger partial charge is 0.377 e. The molecule has 12 heteroatoms. The maximum absolute atomic E-state index is 13.2. The van der Waals surface area contributed by atoms with E-state index in [2.05, 4.69) is 29.5 Å². The van der Waals surface area contributed by atoms with E-state index in [1.54, 1.807) is 60.7 Å². The Balaban J connectivity index is -0.000000292. The van der Waals surface area contributed by atoms with Gasteiger partial charge in [0.05, 0.1) is 12.3 Å². The Kier molecular flexibility index (Phi) is 29.3. The van der Waals surface area contributed by atoms with Gasteiger partial charge in [0, 0.05) is 31.4 Å². The second-order valence-electron chi connectivity index (χ2n) is 9.55. The molecule has 0 aliphatic carbocycles. The first kappa shape index (κ1) is 53.2. The van der Waals surface area contributed by atoms with E-state index >= 15 is 0 Å². The van der Waals surface area contributed by atoms with Crippen LogP contribution in [0.4, 0.5) is 37.7 Å². The van der Waals surface area contributed by atoms with Crippen molar-refractivity contribution < 1.29 is 40.7 Å². The van der Waals surface area contributed by atoms with Crippen LogP contribution in [0.5, 0.6) is 0 Å². The first-order chi connectivity index (χ1) is 22.6. The number of nitrogens with two attached hydrogens (primary N) is 1. The molecule has 51 heavy (non-hydrogen) atoms. The normalized spacial score (nSPS) is 10.5. The van der Waals surface area contributed by atoms with E-state index in [0.29, 0.717) is 11.3 Å². The Morgan fingerprint density at radius 1 is 0.706 bits per heavy atom. The van der Waals surface area contributed by atoms with Crippen molar-refractivity contribution in [2.45, 2.75) is 72.7 Å². The highest BCUT2D eigenvalue weighted by atomic mass is 35.5. The van der Waals surface area contributed by atoms with Crippen molar-refractivity contribution in [1.82, 2.24) is 0 Å². The number of Topliss-reactive ketones (excluding diaryl/α,β-unsaturated/α-hetero) is 1. The highest BCUT2D eigenvalue weighted by molar-refractivity contribution is 6.67. The minimum atomic E-state index is -3.42. The van der Waals surface area contributed by atoms with Crippen LogP contribution in [-0.2, 0) is 20.7 Å². The number of anilines is 1. The molecule has 0 saturated carbocycles. The van der Waals surface area contributed by atoms with Crippen molar-refractivity contribution in [3.63, 3.8) is 0 Å². The number of alkyl halides is 6. The maximum Gasteiger partial charge on any atom is 0.377 e. The summed E-state index contributed by atoms with van der Waals surface area (Å²) in [6.45, 7) is 11.0. The topological polar surface area (TPSA) is 81.8 Å². The molecule has 2 N–H and O–H groups in total. The lowest BCUT2D eigenvalue weighted by molar-refractivity contribution is -0.170. The Morgan fingerprint density at radius 3 is 1.49 bits per heavy atom. The number of carbonyl (C=O) groups excluding carboxylic acids is 2. The molecule has 0 saturated heterocycles. The molecule has 0 fully saturated rings. The number of allylic oxidation sites excluding steroid dienone is 3. The van der Waals surface area contributed by atoms with Crippen LogP contribution >= 0.6 is 11.6 Å². The average molecular weight is 745 g/mol. The van der Waals surface area contributed by atoms with Gasteiger partial charge in [-0.15, -0.1) is 19.7 Å². The number of nitrogens with zero attached hydrogens (tertiary/aromatic N) is 1. The summed E-state index contributed by atoms with van der Waals surface area (Å²) in [4.78, 5) is 25.3. The number of para-hydroxylation sites is 2. The summed E-state index contributed by atoms with van der Waals surface area (Å²) in [7, 11) is 0. The van der Waals surface area contributed by atoms with Gasteiger partial charge in [-0.1, -0.05) is 119 Å². The average Bonchev–Trinajstić information content (AvgIpc) is 3.03. The summed E-state index contributed by atoms with van der Waals surface area (Å²) < 4.78 is 81.5. The Bertz CT molecular complexity index is 1420. The number of rotatable bonds is 13. The highest BCUT2D eigenvalue weighted by Gasteiger charge is 2.39. The molecule has 0 aromatic heterocycles. The fourth-order valence-corrected chi connectivity index (χ4v) is 3.30. The van der Waals surface area contributed by atoms with Crippen molar-refractivity contribution in [2.75, 3.05) is 12.3 Å². The van der Waals surface area contributed by atoms with E-state index in [9.17, 15) is 35.9 Å². The van der Waals surface area contributed by atoms with Crippen molar-refractivity contribution in [3.05, 3.63) is 135 Å². The molecule has 284 valence electrons. The second-order valence-corrected chi connectivity index (χ2v) is 9.90. The molecule has 0 unspecified atom stereocenters. The number of ether oxygens (including phenoxy) is 1. The highest BCUT2D eigenvalue weighted by Crippen LogP contribution is 2.26. The van der Waals surface area contributed by atoms with Gasteiger partial charge in [0.2, 0.25) is 5.78 Å². The predicted octanol–water partition coefficient (Wildman–Crippen LogP) is 12.1. The van der Waals surface area contributed by atoms with Gasteiger partial charge in [0.1, 0.15) is 0 Å². The molecule has 0 heterocycles. The third-order valence-electron chi connectivity index (χ3n) is 5.48. The molecule has 0 amide bonds. The number of carbonyl (C=O) groups is 2.